The zero-order valence-electron chi connectivity index (χ0n) is 10.2. The van der Waals surface area contributed by atoms with Gasteiger partial charge in [0.05, 0.1) is 14.2 Å². The van der Waals surface area contributed by atoms with Gasteiger partial charge in [0.2, 0.25) is 0 Å². The molecule has 0 fully saturated rings. The number of rotatable bonds is 4. The molecule has 0 unspecified atom stereocenters. The highest BCUT2D eigenvalue weighted by atomic mass is 16.5. The summed E-state index contributed by atoms with van der Waals surface area (Å²) in [5, 5.41) is 9.15. The van der Waals surface area contributed by atoms with Gasteiger partial charge in [-0.2, -0.15) is 0 Å². The molecular weight excluding hydrogens is 236 g/mol. The molecule has 1 aromatic rings. The van der Waals surface area contributed by atoms with Crippen molar-refractivity contribution in [1.82, 2.24) is 0 Å². The van der Waals surface area contributed by atoms with Crippen LogP contribution in [0.25, 0.3) is 0 Å². The van der Waals surface area contributed by atoms with E-state index in [2.05, 4.69) is 9.47 Å². The molecule has 96 valence electrons. The number of benzene rings is 1. The van der Waals surface area contributed by atoms with E-state index in [4.69, 9.17) is 5.11 Å². The SMILES string of the molecule is COC(=O)/C=C(/Cc1ccc(O)cc1)C(=O)OC. The summed E-state index contributed by atoms with van der Waals surface area (Å²) in [6.07, 6.45) is 1.32. The Hall–Kier alpha value is -2.30. The van der Waals surface area contributed by atoms with Gasteiger partial charge in [-0.05, 0) is 17.7 Å². The predicted octanol–water partition coefficient (Wildman–Crippen LogP) is 1.21. The van der Waals surface area contributed by atoms with E-state index in [1.54, 1.807) is 12.1 Å². The molecule has 5 heteroatoms. The molecule has 0 amide bonds. The molecule has 0 aliphatic heterocycles. The number of hydrogen-bond acceptors (Lipinski definition) is 5. The summed E-state index contributed by atoms with van der Waals surface area (Å²) < 4.78 is 9.06. The first-order valence-electron chi connectivity index (χ1n) is 5.21. The van der Waals surface area contributed by atoms with Crippen molar-refractivity contribution in [3.05, 3.63) is 41.5 Å². The van der Waals surface area contributed by atoms with E-state index in [1.807, 2.05) is 0 Å². The smallest absolute Gasteiger partial charge is 0.334 e. The maximum Gasteiger partial charge on any atom is 0.334 e. The third kappa shape index (κ3) is 3.93. The Morgan fingerprint density at radius 2 is 1.78 bits per heavy atom. The van der Waals surface area contributed by atoms with Crippen molar-refractivity contribution >= 4 is 11.9 Å². The largest absolute Gasteiger partial charge is 0.508 e. The van der Waals surface area contributed by atoms with Crippen LogP contribution < -0.4 is 0 Å². The second-order valence-corrected chi connectivity index (χ2v) is 3.53. The monoisotopic (exact) mass is 250 g/mol. The third-order valence-electron chi connectivity index (χ3n) is 2.27. The predicted molar refractivity (Wildman–Crippen MR) is 63.9 cm³/mol. The first-order valence-corrected chi connectivity index (χ1v) is 5.21. The second kappa shape index (κ2) is 6.44. The summed E-state index contributed by atoms with van der Waals surface area (Å²) in [6.45, 7) is 0. The highest BCUT2D eigenvalue weighted by Gasteiger charge is 2.13. The van der Waals surface area contributed by atoms with E-state index >= 15 is 0 Å². The molecular formula is C13H14O5. The van der Waals surface area contributed by atoms with E-state index in [0.717, 1.165) is 11.6 Å². The van der Waals surface area contributed by atoms with Crippen LogP contribution in [-0.4, -0.2) is 31.3 Å². The summed E-state index contributed by atoms with van der Waals surface area (Å²) in [6, 6.07) is 6.32. The number of hydrogen-bond donors (Lipinski definition) is 1. The Morgan fingerprint density at radius 3 is 2.28 bits per heavy atom. The first-order chi connectivity index (χ1) is 8.56. The Balaban J connectivity index is 2.91. The van der Waals surface area contributed by atoms with Gasteiger partial charge in [-0.1, -0.05) is 12.1 Å². The van der Waals surface area contributed by atoms with Gasteiger partial charge < -0.3 is 14.6 Å². The molecule has 0 aliphatic rings. The molecule has 1 rings (SSSR count). The fourth-order valence-electron chi connectivity index (χ4n) is 1.35. The number of carbonyl (C=O) groups excluding carboxylic acids is 2. The van der Waals surface area contributed by atoms with Crippen LogP contribution in [0.2, 0.25) is 0 Å². The molecule has 1 N–H and O–H groups in total. The van der Waals surface area contributed by atoms with Gasteiger partial charge in [0.15, 0.2) is 0 Å². The van der Waals surface area contributed by atoms with E-state index in [1.165, 1.54) is 26.4 Å². The van der Waals surface area contributed by atoms with Crippen molar-refractivity contribution in [2.75, 3.05) is 14.2 Å². The van der Waals surface area contributed by atoms with Gasteiger partial charge in [-0.15, -0.1) is 0 Å². The molecule has 0 saturated heterocycles. The average molecular weight is 250 g/mol. The van der Waals surface area contributed by atoms with E-state index in [9.17, 15) is 9.59 Å². The number of ether oxygens (including phenoxy) is 2. The quantitative estimate of drug-likeness (QED) is 0.642. The van der Waals surface area contributed by atoms with Crippen LogP contribution in [0.5, 0.6) is 5.75 Å². The highest BCUT2D eigenvalue weighted by molar-refractivity contribution is 5.96. The lowest BCUT2D eigenvalue weighted by Gasteiger charge is -2.05. The number of aromatic hydroxyl groups is 1. The number of methoxy groups -OCH3 is 2. The molecule has 0 saturated carbocycles. The van der Waals surface area contributed by atoms with Crippen LogP contribution >= 0.6 is 0 Å². The number of phenols is 1. The zero-order chi connectivity index (χ0) is 13.5. The van der Waals surface area contributed by atoms with Gasteiger partial charge in [-0.3, -0.25) is 0 Å². The maximum absolute atomic E-state index is 11.5. The van der Waals surface area contributed by atoms with Gasteiger partial charge in [0.1, 0.15) is 5.75 Å². The minimum Gasteiger partial charge on any atom is -0.508 e. The summed E-state index contributed by atoms with van der Waals surface area (Å²) in [5.41, 5.74) is 0.961. The molecule has 18 heavy (non-hydrogen) atoms. The van der Waals surface area contributed by atoms with E-state index < -0.39 is 11.9 Å². The first kappa shape index (κ1) is 13.8. The van der Waals surface area contributed by atoms with Crippen molar-refractivity contribution in [3.63, 3.8) is 0 Å². The standard InChI is InChI=1S/C13H14O5/c1-17-12(15)8-10(13(16)18-2)7-9-3-5-11(14)6-4-9/h3-6,8,14H,7H2,1-2H3/b10-8-. The van der Waals surface area contributed by atoms with Crippen LogP contribution in [-0.2, 0) is 25.5 Å². The van der Waals surface area contributed by atoms with Crippen LogP contribution in [0.1, 0.15) is 5.56 Å². The van der Waals surface area contributed by atoms with E-state index in [0.29, 0.717) is 0 Å². The van der Waals surface area contributed by atoms with Crippen molar-refractivity contribution < 1.29 is 24.2 Å². The molecule has 0 spiro atoms. The Morgan fingerprint density at radius 1 is 1.17 bits per heavy atom. The highest BCUT2D eigenvalue weighted by Crippen LogP contribution is 2.14. The summed E-state index contributed by atoms with van der Waals surface area (Å²) in [5.74, 6) is -1.07. The third-order valence-corrected chi connectivity index (χ3v) is 2.27. The molecule has 0 bridgehead atoms. The number of carbonyl (C=O) groups is 2. The van der Waals surface area contributed by atoms with Gasteiger partial charge in [0.25, 0.3) is 0 Å². The van der Waals surface area contributed by atoms with Crippen LogP contribution in [0.3, 0.4) is 0 Å². The lowest BCUT2D eigenvalue weighted by atomic mass is 10.0. The molecule has 0 atom stereocenters. The molecule has 0 aliphatic carbocycles. The minimum absolute atomic E-state index is 0.135. The molecule has 0 heterocycles. The second-order valence-electron chi connectivity index (χ2n) is 3.53. The lowest BCUT2D eigenvalue weighted by Crippen LogP contribution is -2.10. The summed E-state index contributed by atoms with van der Waals surface area (Å²) in [4.78, 5) is 22.6. The Bertz CT molecular complexity index is 459. The van der Waals surface area contributed by atoms with Crippen LogP contribution in [0.4, 0.5) is 0 Å². The van der Waals surface area contributed by atoms with Crippen LogP contribution in [0.15, 0.2) is 35.9 Å². The molecule has 5 nitrogen and oxygen atoms in total. The van der Waals surface area contributed by atoms with Crippen molar-refractivity contribution in [2.24, 2.45) is 0 Å². The zero-order valence-corrected chi connectivity index (χ0v) is 10.2. The maximum atomic E-state index is 11.5. The van der Waals surface area contributed by atoms with Gasteiger partial charge in [-0.25, -0.2) is 9.59 Å². The Labute approximate surface area is 105 Å². The number of esters is 2. The Kier molecular flexibility index (Phi) is 4.92. The summed E-state index contributed by atoms with van der Waals surface area (Å²) >= 11 is 0. The fourth-order valence-corrected chi connectivity index (χ4v) is 1.35. The summed E-state index contributed by atoms with van der Waals surface area (Å²) in [7, 11) is 2.47. The van der Waals surface area contributed by atoms with Crippen LogP contribution in [0, 0.1) is 0 Å². The van der Waals surface area contributed by atoms with Crippen molar-refractivity contribution in [1.29, 1.82) is 0 Å². The average Bonchev–Trinajstić information content (AvgIpc) is 2.39. The molecule has 0 aromatic heterocycles. The normalized spacial score (nSPS) is 10.9. The minimum atomic E-state index is -0.617. The van der Waals surface area contributed by atoms with Crippen molar-refractivity contribution in [3.8, 4) is 5.75 Å². The fraction of sp³-hybridized carbons (Fsp3) is 0.231. The lowest BCUT2D eigenvalue weighted by molar-refractivity contribution is -0.138. The van der Waals surface area contributed by atoms with Gasteiger partial charge in [0, 0.05) is 18.1 Å². The molecule has 1 aromatic carbocycles. The van der Waals surface area contributed by atoms with Crippen molar-refractivity contribution in [2.45, 2.75) is 6.42 Å². The van der Waals surface area contributed by atoms with E-state index in [-0.39, 0.29) is 17.7 Å². The topological polar surface area (TPSA) is 72.8 Å². The van der Waals surface area contributed by atoms with Gasteiger partial charge >= 0.3 is 11.9 Å². The number of phenolic OH excluding ortho intramolecular Hbond substituents is 1. The molecule has 0 radical (unpaired) electrons.